The quantitative estimate of drug-likeness (QED) is 0.534. The minimum absolute atomic E-state index is 0.0146. The van der Waals surface area contributed by atoms with E-state index in [-0.39, 0.29) is 28.6 Å². The normalized spacial score (nSPS) is 27.4. The van der Waals surface area contributed by atoms with Gasteiger partial charge in [0.1, 0.15) is 5.54 Å². The van der Waals surface area contributed by atoms with Crippen LogP contribution in [-0.2, 0) is 24.7 Å². The molecule has 0 radical (unpaired) electrons. The third kappa shape index (κ3) is 3.09. The molecular weight excluding hydrogens is 503 g/mol. The molecule has 3 aliphatic rings. The van der Waals surface area contributed by atoms with Gasteiger partial charge in [0, 0.05) is 23.0 Å². The van der Waals surface area contributed by atoms with Gasteiger partial charge in [0.15, 0.2) is 0 Å². The number of nitrogens with one attached hydrogen (secondary N) is 2. The van der Waals surface area contributed by atoms with Crippen molar-refractivity contribution in [1.82, 2.24) is 5.32 Å². The number of halogens is 3. The van der Waals surface area contributed by atoms with Gasteiger partial charge in [-0.15, -0.1) is 0 Å². The molecule has 34 heavy (non-hydrogen) atoms. The number of hydrogen-bond donors (Lipinski definition) is 3. The van der Waals surface area contributed by atoms with E-state index in [9.17, 15) is 19.2 Å². The summed E-state index contributed by atoms with van der Waals surface area (Å²) in [6.45, 7) is 1.76. The molecule has 0 aliphatic carbocycles. The number of primary amides is 1. The fourth-order valence-corrected chi connectivity index (χ4v) is 5.86. The number of fused-ring (bicyclic) bond motifs is 4. The first-order valence-corrected chi connectivity index (χ1v) is 11.7. The first-order valence-electron chi connectivity index (χ1n) is 10.6. The molecule has 4 amide bonds. The maximum atomic E-state index is 13.8. The summed E-state index contributed by atoms with van der Waals surface area (Å²) in [7, 11) is 0. The van der Waals surface area contributed by atoms with Crippen LogP contribution in [0.5, 0.6) is 0 Å². The zero-order valence-electron chi connectivity index (χ0n) is 17.8. The van der Waals surface area contributed by atoms with Crippen molar-refractivity contribution in [1.29, 1.82) is 0 Å². The predicted octanol–water partition coefficient (Wildman–Crippen LogP) is 3.15. The van der Waals surface area contributed by atoms with Crippen molar-refractivity contribution >= 4 is 69.8 Å². The third-order valence-electron chi connectivity index (χ3n) is 6.95. The standard InChI is InChI=1S/C23H19Cl3N4O4/c1-9-12(24)5-3-11-19(9)28-22(34)23(11)18-17(15(29-23)6-7-16(27)31)20(32)30(21(18)33)10-2-4-13(25)14(26)8-10/h2-5,8,15,17-18,29H,6-7H2,1H3,(H2,27,31)(H,28,34)/t15-,17-,18+,23+/m1/s1. The zero-order valence-corrected chi connectivity index (χ0v) is 20.1. The number of amides is 4. The van der Waals surface area contributed by atoms with E-state index >= 15 is 0 Å². The van der Waals surface area contributed by atoms with Crippen LogP contribution < -0.4 is 21.3 Å². The molecule has 4 N–H and O–H groups in total. The van der Waals surface area contributed by atoms with Crippen molar-refractivity contribution in [2.45, 2.75) is 31.3 Å². The van der Waals surface area contributed by atoms with Crippen LogP contribution in [0.1, 0.15) is 24.0 Å². The number of imide groups is 1. The van der Waals surface area contributed by atoms with Gasteiger partial charge in [0.25, 0.3) is 0 Å². The summed E-state index contributed by atoms with van der Waals surface area (Å²) >= 11 is 18.4. The number of nitrogens with two attached hydrogens (primary N) is 1. The van der Waals surface area contributed by atoms with Crippen LogP contribution in [0.3, 0.4) is 0 Å². The molecule has 2 aromatic carbocycles. The Hall–Kier alpha value is -2.65. The average molecular weight is 522 g/mol. The SMILES string of the molecule is Cc1c(Cl)ccc2c1NC(=O)[C@]21N[C@H](CCC(N)=O)[C@H]2C(=O)N(c3ccc(Cl)c(Cl)c3)C(=O)[C@H]21. The fraction of sp³-hybridized carbons (Fsp3) is 0.304. The minimum Gasteiger partial charge on any atom is -0.370 e. The summed E-state index contributed by atoms with van der Waals surface area (Å²) in [5.74, 6) is -3.97. The molecule has 0 bridgehead atoms. The van der Waals surface area contributed by atoms with E-state index in [0.29, 0.717) is 21.8 Å². The number of hydrogen-bond acceptors (Lipinski definition) is 5. The van der Waals surface area contributed by atoms with E-state index in [1.54, 1.807) is 19.1 Å². The maximum absolute atomic E-state index is 13.8. The molecule has 11 heteroatoms. The number of carbonyl (C=O) groups is 4. The highest BCUT2D eigenvalue weighted by molar-refractivity contribution is 6.42. The van der Waals surface area contributed by atoms with Gasteiger partial charge in [-0.25, -0.2) is 4.90 Å². The second-order valence-electron chi connectivity index (χ2n) is 8.73. The Balaban J connectivity index is 1.67. The lowest BCUT2D eigenvalue weighted by molar-refractivity contribution is -0.130. The Morgan fingerprint density at radius 3 is 2.44 bits per heavy atom. The number of carbonyl (C=O) groups excluding carboxylic acids is 4. The lowest BCUT2D eigenvalue weighted by Gasteiger charge is -2.29. The second-order valence-corrected chi connectivity index (χ2v) is 9.95. The molecule has 0 unspecified atom stereocenters. The molecule has 0 saturated carbocycles. The van der Waals surface area contributed by atoms with Gasteiger partial charge in [-0.1, -0.05) is 40.9 Å². The third-order valence-corrected chi connectivity index (χ3v) is 8.10. The molecule has 4 atom stereocenters. The van der Waals surface area contributed by atoms with Crippen LogP contribution in [0.2, 0.25) is 15.1 Å². The Kier molecular flexibility index (Phi) is 5.40. The van der Waals surface area contributed by atoms with Crippen LogP contribution >= 0.6 is 34.8 Å². The summed E-state index contributed by atoms with van der Waals surface area (Å²) in [5, 5.41) is 7.02. The van der Waals surface area contributed by atoms with Crippen LogP contribution in [0.15, 0.2) is 30.3 Å². The van der Waals surface area contributed by atoms with Crippen molar-refractivity contribution in [2.75, 3.05) is 10.2 Å². The minimum atomic E-state index is -1.50. The van der Waals surface area contributed by atoms with Crippen molar-refractivity contribution in [2.24, 2.45) is 17.6 Å². The van der Waals surface area contributed by atoms with Crippen LogP contribution in [0.4, 0.5) is 11.4 Å². The van der Waals surface area contributed by atoms with Crippen LogP contribution in [0, 0.1) is 18.8 Å². The topological polar surface area (TPSA) is 122 Å². The van der Waals surface area contributed by atoms with Gasteiger partial charge in [0.05, 0.1) is 33.3 Å². The molecule has 2 saturated heterocycles. The highest BCUT2D eigenvalue weighted by Gasteiger charge is 2.70. The Morgan fingerprint density at radius 1 is 1.06 bits per heavy atom. The predicted molar refractivity (Wildman–Crippen MR) is 128 cm³/mol. The average Bonchev–Trinajstić information content (AvgIpc) is 3.36. The Morgan fingerprint density at radius 2 is 1.76 bits per heavy atom. The smallest absolute Gasteiger partial charge is 0.250 e. The highest BCUT2D eigenvalue weighted by atomic mass is 35.5. The number of rotatable bonds is 4. The molecular formula is C23H19Cl3N4O4. The van der Waals surface area contributed by atoms with Crippen molar-refractivity contribution < 1.29 is 19.2 Å². The van der Waals surface area contributed by atoms with E-state index in [1.165, 1.54) is 18.2 Å². The van der Waals surface area contributed by atoms with Crippen LogP contribution in [0.25, 0.3) is 0 Å². The summed E-state index contributed by atoms with van der Waals surface area (Å²) in [5.41, 5.74) is 5.80. The van der Waals surface area contributed by atoms with E-state index in [1.807, 2.05) is 0 Å². The van der Waals surface area contributed by atoms with Crippen molar-refractivity contribution in [3.05, 3.63) is 56.5 Å². The largest absolute Gasteiger partial charge is 0.370 e. The molecule has 0 aromatic heterocycles. The second kappa shape index (κ2) is 7.95. The van der Waals surface area contributed by atoms with E-state index in [4.69, 9.17) is 40.5 Å². The van der Waals surface area contributed by atoms with Crippen LogP contribution in [-0.4, -0.2) is 29.7 Å². The fourth-order valence-electron chi connectivity index (χ4n) is 5.41. The highest BCUT2D eigenvalue weighted by Crippen LogP contribution is 2.55. The molecule has 3 aliphatic heterocycles. The first kappa shape index (κ1) is 23.1. The Bertz CT molecular complexity index is 1300. The lowest BCUT2D eigenvalue weighted by Crippen LogP contribution is -2.53. The van der Waals surface area contributed by atoms with E-state index in [2.05, 4.69) is 10.6 Å². The first-order chi connectivity index (χ1) is 16.1. The lowest BCUT2D eigenvalue weighted by atomic mass is 9.76. The van der Waals surface area contributed by atoms with E-state index < -0.39 is 47.0 Å². The van der Waals surface area contributed by atoms with Gasteiger partial charge in [-0.2, -0.15) is 0 Å². The maximum Gasteiger partial charge on any atom is 0.250 e. The molecule has 2 fully saturated rings. The summed E-state index contributed by atoms with van der Waals surface area (Å²) in [6, 6.07) is 7.15. The van der Waals surface area contributed by atoms with Gasteiger partial charge in [-0.05, 0) is 43.2 Å². The van der Waals surface area contributed by atoms with Crippen molar-refractivity contribution in [3.8, 4) is 0 Å². The van der Waals surface area contributed by atoms with Gasteiger partial charge in [0.2, 0.25) is 23.6 Å². The summed E-state index contributed by atoms with van der Waals surface area (Å²) in [6.07, 6.45) is 0.168. The number of benzene rings is 2. The zero-order chi connectivity index (χ0) is 24.5. The Labute approximate surface area is 209 Å². The molecule has 8 nitrogen and oxygen atoms in total. The summed E-state index contributed by atoms with van der Waals surface area (Å²) < 4.78 is 0. The van der Waals surface area contributed by atoms with Gasteiger partial charge < -0.3 is 11.1 Å². The molecule has 3 heterocycles. The molecule has 2 aromatic rings. The number of anilines is 2. The van der Waals surface area contributed by atoms with Gasteiger partial charge >= 0.3 is 0 Å². The molecule has 1 spiro atoms. The summed E-state index contributed by atoms with van der Waals surface area (Å²) in [4.78, 5) is 53.6. The molecule has 5 rings (SSSR count). The van der Waals surface area contributed by atoms with Gasteiger partial charge in [-0.3, -0.25) is 24.5 Å². The molecule has 176 valence electrons. The van der Waals surface area contributed by atoms with Crippen molar-refractivity contribution in [3.63, 3.8) is 0 Å². The number of nitrogens with zero attached hydrogens (tertiary/aromatic N) is 1. The monoisotopic (exact) mass is 520 g/mol. The van der Waals surface area contributed by atoms with E-state index in [0.717, 1.165) is 4.90 Å².